The van der Waals surface area contributed by atoms with E-state index in [1.165, 1.54) is 6.42 Å². The second kappa shape index (κ2) is 5.33. The molecule has 1 heterocycles. The van der Waals surface area contributed by atoms with Crippen LogP contribution in [0.1, 0.15) is 39.5 Å². The molecule has 3 nitrogen and oxygen atoms in total. The third-order valence-electron chi connectivity index (χ3n) is 3.21. The van der Waals surface area contributed by atoms with E-state index in [2.05, 4.69) is 24.8 Å². The summed E-state index contributed by atoms with van der Waals surface area (Å²) in [7, 11) is 0. The van der Waals surface area contributed by atoms with E-state index in [-0.39, 0.29) is 0 Å². The normalized spacial score (nSPS) is 31.0. The molecule has 1 aliphatic heterocycles. The molecule has 14 heavy (non-hydrogen) atoms. The van der Waals surface area contributed by atoms with Crippen LogP contribution in [0, 0.1) is 11.3 Å². The molecule has 0 saturated carbocycles. The van der Waals surface area contributed by atoms with Crippen molar-refractivity contribution in [3.8, 4) is 6.07 Å². The van der Waals surface area contributed by atoms with Crippen LogP contribution in [0.4, 0.5) is 0 Å². The number of nitrogens with zero attached hydrogens (tertiary/aromatic N) is 2. The molecule has 0 aliphatic carbocycles. The van der Waals surface area contributed by atoms with E-state index in [9.17, 15) is 0 Å². The minimum atomic E-state index is 0.329. The van der Waals surface area contributed by atoms with Gasteiger partial charge in [-0.05, 0) is 33.1 Å². The zero-order chi connectivity index (χ0) is 10.6. The van der Waals surface area contributed by atoms with Crippen molar-refractivity contribution in [3.05, 3.63) is 0 Å². The molecular weight excluding hydrogens is 174 g/mol. The summed E-state index contributed by atoms with van der Waals surface area (Å²) in [5, 5.41) is 8.54. The van der Waals surface area contributed by atoms with E-state index >= 15 is 0 Å². The van der Waals surface area contributed by atoms with Gasteiger partial charge in [0.05, 0.1) is 6.07 Å². The van der Waals surface area contributed by atoms with Crippen LogP contribution >= 0.6 is 0 Å². The second-order valence-corrected chi connectivity index (χ2v) is 4.43. The Kier molecular flexibility index (Phi) is 4.37. The number of hydrogen-bond acceptors (Lipinski definition) is 3. The lowest BCUT2D eigenvalue weighted by molar-refractivity contribution is 0.0980. The maximum Gasteiger partial charge on any atom is 0.0622 e. The van der Waals surface area contributed by atoms with Crippen LogP contribution in [0.2, 0.25) is 0 Å². The summed E-state index contributed by atoms with van der Waals surface area (Å²) in [5.41, 5.74) is 5.95. The van der Waals surface area contributed by atoms with Crippen LogP contribution in [0.25, 0.3) is 0 Å². The van der Waals surface area contributed by atoms with Crippen molar-refractivity contribution in [2.75, 3.05) is 6.54 Å². The Bertz CT molecular complexity index is 209. The zero-order valence-corrected chi connectivity index (χ0v) is 9.24. The average Bonchev–Trinajstić information content (AvgIpc) is 2.18. The van der Waals surface area contributed by atoms with Crippen molar-refractivity contribution < 1.29 is 0 Å². The van der Waals surface area contributed by atoms with Gasteiger partial charge in [0.2, 0.25) is 0 Å². The van der Waals surface area contributed by atoms with Crippen LogP contribution in [0.3, 0.4) is 0 Å². The van der Waals surface area contributed by atoms with E-state index in [0.29, 0.717) is 24.5 Å². The van der Waals surface area contributed by atoms with Crippen molar-refractivity contribution in [2.45, 2.75) is 57.7 Å². The first kappa shape index (κ1) is 11.5. The van der Waals surface area contributed by atoms with Gasteiger partial charge in [-0.2, -0.15) is 5.26 Å². The van der Waals surface area contributed by atoms with Crippen LogP contribution in [0.15, 0.2) is 0 Å². The summed E-state index contributed by atoms with van der Waals surface area (Å²) in [6.45, 7) is 5.45. The SMILES string of the molecule is CC(CCC#N)N1CC(N)CCC1C. The molecule has 0 spiro atoms. The highest BCUT2D eigenvalue weighted by molar-refractivity contribution is 4.85. The number of nitrogens with two attached hydrogens (primary N) is 1. The first-order valence-electron chi connectivity index (χ1n) is 5.53. The molecule has 80 valence electrons. The van der Waals surface area contributed by atoms with Gasteiger partial charge in [-0.3, -0.25) is 4.90 Å². The van der Waals surface area contributed by atoms with Crippen molar-refractivity contribution in [1.82, 2.24) is 4.90 Å². The van der Waals surface area contributed by atoms with Gasteiger partial charge in [-0.15, -0.1) is 0 Å². The predicted octanol–water partition coefficient (Wildman–Crippen LogP) is 1.49. The Balaban J connectivity index is 2.43. The number of rotatable bonds is 3. The molecule has 0 amide bonds. The molecule has 2 N–H and O–H groups in total. The van der Waals surface area contributed by atoms with Gasteiger partial charge >= 0.3 is 0 Å². The molecule has 1 aliphatic rings. The fourth-order valence-corrected chi connectivity index (χ4v) is 2.22. The number of hydrogen-bond donors (Lipinski definition) is 1. The van der Waals surface area contributed by atoms with Gasteiger partial charge in [0.1, 0.15) is 0 Å². The molecule has 0 radical (unpaired) electrons. The molecular formula is C11H21N3. The summed E-state index contributed by atoms with van der Waals surface area (Å²) in [6, 6.07) is 3.66. The number of likely N-dealkylation sites (tertiary alicyclic amines) is 1. The molecule has 0 aromatic carbocycles. The lowest BCUT2D eigenvalue weighted by Crippen LogP contribution is -2.51. The lowest BCUT2D eigenvalue weighted by atomic mass is 9.97. The molecule has 0 aromatic heterocycles. The monoisotopic (exact) mass is 195 g/mol. The smallest absolute Gasteiger partial charge is 0.0622 e. The molecule has 1 saturated heterocycles. The van der Waals surface area contributed by atoms with Gasteiger partial charge in [0.25, 0.3) is 0 Å². The number of nitriles is 1. The summed E-state index contributed by atoms with van der Waals surface area (Å²) < 4.78 is 0. The molecule has 0 bridgehead atoms. The van der Waals surface area contributed by atoms with Gasteiger partial charge < -0.3 is 5.73 Å². The van der Waals surface area contributed by atoms with Gasteiger partial charge in [0, 0.05) is 31.1 Å². The first-order chi connectivity index (χ1) is 6.65. The predicted molar refractivity (Wildman–Crippen MR) is 57.7 cm³/mol. The van der Waals surface area contributed by atoms with E-state index in [1.54, 1.807) is 0 Å². The largest absolute Gasteiger partial charge is 0.327 e. The van der Waals surface area contributed by atoms with Gasteiger partial charge in [-0.1, -0.05) is 0 Å². The highest BCUT2D eigenvalue weighted by atomic mass is 15.2. The van der Waals surface area contributed by atoms with Crippen LogP contribution in [-0.4, -0.2) is 29.6 Å². The minimum absolute atomic E-state index is 0.329. The van der Waals surface area contributed by atoms with Crippen LogP contribution in [-0.2, 0) is 0 Å². The average molecular weight is 195 g/mol. The fraction of sp³-hybridized carbons (Fsp3) is 0.909. The zero-order valence-electron chi connectivity index (χ0n) is 9.24. The Morgan fingerprint density at radius 2 is 2.29 bits per heavy atom. The van der Waals surface area contributed by atoms with E-state index in [0.717, 1.165) is 19.4 Å². The Hall–Kier alpha value is -0.590. The molecule has 0 aromatic rings. The van der Waals surface area contributed by atoms with Crippen molar-refractivity contribution in [1.29, 1.82) is 5.26 Å². The molecule has 3 unspecified atom stereocenters. The van der Waals surface area contributed by atoms with E-state index in [1.807, 2.05) is 0 Å². The highest BCUT2D eigenvalue weighted by Crippen LogP contribution is 2.20. The maximum atomic E-state index is 8.54. The quantitative estimate of drug-likeness (QED) is 0.742. The van der Waals surface area contributed by atoms with E-state index in [4.69, 9.17) is 11.0 Å². The first-order valence-corrected chi connectivity index (χ1v) is 5.53. The fourth-order valence-electron chi connectivity index (χ4n) is 2.22. The Morgan fingerprint density at radius 1 is 1.57 bits per heavy atom. The molecule has 1 rings (SSSR count). The Labute approximate surface area is 86.9 Å². The molecule has 3 atom stereocenters. The summed E-state index contributed by atoms with van der Waals surface area (Å²) in [4.78, 5) is 2.45. The van der Waals surface area contributed by atoms with Crippen molar-refractivity contribution in [2.24, 2.45) is 5.73 Å². The third-order valence-corrected chi connectivity index (χ3v) is 3.21. The standard InChI is InChI=1S/C11H21N3/c1-9(4-3-7-12)14-8-11(13)6-5-10(14)2/h9-11H,3-6,8,13H2,1-2H3. The summed E-state index contributed by atoms with van der Waals surface area (Å²) in [5.74, 6) is 0. The molecule has 3 heteroatoms. The summed E-state index contributed by atoms with van der Waals surface area (Å²) in [6.07, 6.45) is 3.95. The van der Waals surface area contributed by atoms with Gasteiger partial charge in [-0.25, -0.2) is 0 Å². The number of piperidine rings is 1. The van der Waals surface area contributed by atoms with Crippen molar-refractivity contribution >= 4 is 0 Å². The molecule has 1 fully saturated rings. The topological polar surface area (TPSA) is 53.0 Å². The summed E-state index contributed by atoms with van der Waals surface area (Å²) >= 11 is 0. The highest BCUT2D eigenvalue weighted by Gasteiger charge is 2.26. The van der Waals surface area contributed by atoms with Crippen LogP contribution < -0.4 is 5.73 Å². The second-order valence-electron chi connectivity index (χ2n) is 4.43. The Morgan fingerprint density at radius 3 is 2.93 bits per heavy atom. The van der Waals surface area contributed by atoms with E-state index < -0.39 is 0 Å². The maximum absolute atomic E-state index is 8.54. The minimum Gasteiger partial charge on any atom is -0.327 e. The van der Waals surface area contributed by atoms with Crippen LogP contribution in [0.5, 0.6) is 0 Å². The van der Waals surface area contributed by atoms with Crippen molar-refractivity contribution in [3.63, 3.8) is 0 Å². The third kappa shape index (κ3) is 2.97. The van der Waals surface area contributed by atoms with Gasteiger partial charge in [0.15, 0.2) is 0 Å². The lowest BCUT2D eigenvalue weighted by Gasteiger charge is -2.40.